The van der Waals surface area contributed by atoms with Gasteiger partial charge in [-0.25, -0.2) is 4.98 Å². The fourth-order valence-corrected chi connectivity index (χ4v) is 4.03. The van der Waals surface area contributed by atoms with Crippen molar-refractivity contribution in [2.75, 3.05) is 12.3 Å². The number of nitrogens with zero attached hydrogens (tertiary/aromatic N) is 1. The first-order valence-electron chi connectivity index (χ1n) is 9.84. The van der Waals surface area contributed by atoms with Crippen LogP contribution in [0.2, 0.25) is 0 Å². The molecule has 0 amide bonds. The number of carboxylic acids is 1. The van der Waals surface area contributed by atoms with Crippen LogP contribution in [0.5, 0.6) is 5.75 Å². The number of aliphatic carboxylic acids is 1. The number of nitrogen functional groups attached to an aromatic ring is 1. The lowest BCUT2D eigenvalue weighted by Crippen LogP contribution is -2.10. The van der Waals surface area contributed by atoms with Crippen LogP contribution in [-0.4, -0.2) is 22.7 Å². The minimum atomic E-state index is -0.768. The number of fused-ring (bicyclic) bond motifs is 2. The standard InChI is InChI=1S/C24H24N2O3/c25-23-7-3-5-20(26-23)10-11-29-21-9-8-16-12-17-4-1-2-6-22(17)19(15-24(27)28)13-18(16)14-21/h1-9,14,19H,10-13,15H2,(H2,25,26)(H,27,28). The average molecular weight is 388 g/mol. The Labute approximate surface area is 170 Å². The Morgan fingerprint density at radius 1 is 1.07 bits per heavy atom. The van der Waals surface area contributed by atoms with Crippen molar-refractivity contribution in [3.05, 3.63) is 88.6 Å². The number of ether oxygens (including phenoxy) is 1. The molecule has 1 aliphatic rings. The van der Waals surface area contributed by atoms with Gasteiger partial charge in [0.1, 0.15) is 11.6 Å². The van der Waals surface area contributed by atoms with Gasteiger partial charge in [0.2, 0.25) is 0 Å². The lowest BCUT2D eigenvalue weighted by atomic mass is 9.89. The van der Waals surface area contributed by atoms with E-state index >= 15 is 0 Å². The molecule has 0 saturated heterocycles. The van der Waals surface area contributed by atoms with Crippen molar-refractivity contribution in [2.45, 2.75) is 31.6 Å². The zero-order valence-corrected chi connectivity index (χ0v) is 16.2. The molecular formula is C24H24N2O3. The highest BCUT2D eigenvalue weighted by Gasteiger charge is 2.24. The second-order valence-electron chi connectivity index (χ2n) is 7.46. The molecule has 0 saturated carbocycles. The van der Waals surface area contributed by atoms with Gasteiger partial charge >= 0.3 is 5.97 Å². The van der Waals surface area contributed by atoms with Crippen LogP contribution in [0.1, 0.15) is 40.3 Å². The molecule has 5 nitrogen and oxygen atoms in total. The number of carboxylic acid groups (broad SMARTS) is 1. The number of carbonyl (C=O) groups is 1. The molecule has 1 atom stereocenters. The van der Waals surface area contributed by atoms with Crippen LogP contribution < -0.4 is 10.5 Å². The quantitative estimate of drug-likeness (QED) is 0.667. The van der Waals surface area contributed by atoms with E-state index in [0.717, 1.165) is 29.0 Å². The van der Waals surface area contributed by atoms with E-state index in [1.807, 2.05) is 30.3 Å². The third kappa shape index (κ3) is 4.57. The molecule has 3 aromatic rings. The minimum absolute atomic E-state index is 0.0308. The topological polar surface area (TPSA) is 85.4 Å². The van der Waals surface area contributed by atoms with Gasteiger partial charge in [-0.3, -0.25) is 4.79 Å². The molecule has 1 aromatic heterocycles. The number of pyridine rings is 1. The Hall–Kier alpha value is -3.34. The van der Waals surface area contributed by atoms with Crippen LogP contribution in [0.25, 0.3) is 0 Å². The minimum Gasteiger partial charge on any atom is -0.493 e. The van der Waals surface area contributed by atoms with Crippen molar-refractivity contribution in [2.24, 2.45) is 0 Å². The van der Waals surface area contributed by atoms with E-state index in [2.05, 4.69) is 29.2 Å². The van der Waals surface area contributed by atoms with E-state index in [1.165, 1.54) is 11.1 Å². The van der Waals surface area contributed by atoms with Crippen LogP contribution in [0.3, 0.4) is 0 Å². The Bertz CT molecular complexity index is 1030. The summed E-state index contributed by atoms with van der Waals surface area (Å²) in [6, 6.07) is 19.9. The molecule has 1 heterocycles. The van der Waals surface area contributed by atoms with E-state index in [0.29, 0.717) is 25.3 Å². The van der Waals surface area contributed by atoms with Crippen molar-refractivity contribution >= 4 is 11.8 Å². The van der Waals surface area contributed by atoms with Crippen LogP contribution in [0.4, 0.5) is 5.82 Å². The molecule has 2 aromatic carbocycles. The maximum Gasteiger partial charge on any atom is 0.303 e. The summed E-state index contributed by atoms with van der Waals surface area (Å²) < 4.78 is 5.95. The van der Waals surface area contributed by atoms with Gasteiger partial charge in [0.15, 0.2) is 0 Å². The van der Waals surface area contributed by atoms with E-state index in [4.69, 9.17) is 10.5 Å². The summed E-state index contributed by atoms with van der Waals surface area (Å²) in [5.41, 5.74) is 11.4. The molecule has 1 aliphatic carbocycles. The van der Waals surface area contributed by atoms with Crippen LogP contribution in [-0.2, 0) is 24.1 Å². The summed E-state index contributed by atoms with van der Waals surface area (Å²) in [7, 11) is 0. The number of hydrogen-bond acceptors (Lipinski definition) is 4. The molecule has 5 heteroatoms. The summed E-state index contributed by atoms with van der Waals surface area (Å²) in [5, 5.41) is 9.39. The second-order valence-corrected chi connectivity index (χ2v) is 7.46. The predicted octanol–water partition coefficient (Wildman–Crippen LogP) is 3.99. The normalized spacial score (nSPS) is 15.1. The van der Waals surface area contributed by atoms with E-state index in [9.17, 15) is 9.90 Å². The second kappa shape index (κ2) is 8.35. The molecule has 148 valence electrons. The summed E-state index contributed by atoms with van der Waals surface area (Å²) in [6.07, 6.45) is 2.32. The Morgan fingerprint density at radius 2 is 1.93 bits per heavy atom. The zero-order valence-electron chi connectivity index (χ0n) is 16.2. The zero-order chi connectivity index (χ0) is 20.2. The predicted molar refractivity (Wildman–Crippen MR) is 112 cm³/mol. The van der Waals surface area contributed by atoms with Crippen molar-refractivity contribution in [3.8, 4) is 5.75 Å². The first-order valence-corrected chi connectivity index (χ1v) is 9.84. The summed E-state index contributed by atoms with van der Waals surface area (Å²) in [6.45, 7) is 0.508. The van der Waals surface area contributed by atoms with Gasteiger partial charge in [0.25, 0.3) is 0 Å². The number of hydrogen-bond donors (Lipinski definition) is 2. The van der Waals surface area contributed by atoms with Crippen molar-refractivity contribution in [1.82, 2.24) is 4.98 Å². The maximum absolute atomic E-state index is 11.4. The number of nitrogens with two attached hydrogens (primary N) is 1. The van der Waals surface area contributed by atoms with Gasteiger partial charge in [-0.05, 0) is 65.3 Å². The molecule has 4 rings (SSSR count). The smallest absolute Gasteiger partial charge is 0.303 e. The molecule has 3 N–H and O–H groups in total. The number of benzene rings is 2. The van der Waals surface area contributed by atoms with Crippen LogP contribution >= 0.6 is 0 Å². The van der Waals surface area contributed by atoms with Crippen molar-refractivity contribution < 1.29 is 14.6 Å². The largest absolute Gasteiger partial charge is 0.493 e. The molecule has 0 fully saturated rings. The Morgan fingerprint density at radius 3 is 2.76 bits per heavy atom. The van der Waals surface area contributed by atoms with Gasteiger partial charge in [-0.15, -0.1) is 0 Å². The maximum atomic E-state index is 11.4. The lowest BCUT2D eigenvalue weighted by molar-refractivity contribution is -0.137. The SMILES string of the molecule is Nc1cccc(CCOc2ccc3c(c2)CC(CC(=O)O)c2ccccc2C3)n1. The monoisotopic (exact) mass is 388 g/mol. The highest BCUT2D eigenvalue weighted by atomic mass is 16.5. The molecule has 1 unspecified atom stereocenters. The van der Waals surface area contributed by atoms with Gasteiger partial charge in [-0.1, -0.05) is 36.4 Å². The molecule has 0 bridgehead atoms. The van der Waals surface area contributed by atoms with E-state index in [1.54, 1.807) is 6.07 Å². The average Bonchev–Trinajstić information content (AvgIpc) is 2.84. The number of rotatable bonds is 6. The number of anilines is 1. The Balaban J connectivity index is 1.51. The molecule has 0 radical (unpaired) electrons. The Kier molecular flexibility index (Phi) is 5.47. The van der Waals surface area contributed by atoms with Crippen molar-refractivity contribution in [3.63, 3.8) is 0 Å². The van der Waals surface area contributed by atoms with Gasteiger partial charge in [-0.2, -0.15) is 0 Å². The molecule has 0 aliphatic heterocycles. The highest BCUT2D eigenvalue weighted by molar-refractivity contribution is 5.68. The van der Waals surface area contributed by atoms with Gasteiger partial charge < -0.3 is 15.6 Å². The van der Waals surface area contributed by atoms with E-state index < -0.39 is 5.97 Å². The molecule has 0 spiro atoms. The summed E-state index contributed by atoms with van der Waals surface area (Å²) in [5.74, 6) is 0.510. The third-order valence-corrected chi connectivity index (χ3v) is 5.40. The van der Waals surface area contributed by atoms with Gasteiger partial charge in [0.05, 0.1) is 13.0 Å². The fourth-order valence-electron chi connectivity index (χ4n) is 4.03. The highest BCUT2D eigenvalue weighted by Crippen LogP contribution is 2.35. The van der Waals surface area contributed by atoms with E-state index in [-0.39, 0.29) is 12.3 Å². The first kappa shape index (κ1) is 19.0. The van der Waals surface area contributed by atoms with Crippen LogP contribution in [0, 0.1) is 0 Å². The molecule has 29 heavy (non-hydrogen) atoms. The lowest BCUT2D eigenvalue weighted by Gasteiger charge is -2.16. The van der Waals surface area contributed by atoms with Gasteiger partial charge in [0, 0.05) is 12.1 Å². The third-order valence-electron chi connectivity index (χ3n) is 5.40. The molecular weight excluding hydrogens is 364 g/mol. The fraction of sp³-hybridized carbons (Fsp3) is 0.250. The number of aromatic nitrogens is 1. The summed E-state index contributed by atoms with van der Waals surface area (Å²) >= 11 is 0. The van der Waals surface area contributed by atoms with Crippen molar-refractivity contribution in [1.29, 1.82) is 0 Å². The van der Waals surface area contributed by atoms with Crippen LogP contribution in [0.15, 0.2) is 60.7 Å². The first-order chi connectivity index (χ1) is 14.1. The summed E-state index contributed by atoms with van der Waals surface area (Å²) in [4.78, 5) is 15.7.